The van der Waals surface area contributed by atoms with Crippen LogP contribution in [-0.4, -0.2) is 16.9 Å². The molecule has 1 heterocycles. The fourth-order valence-corrected chi connectivity index (χ4v) is 3.06. The number of rotatable bonds is 4. The highest BCUT2D eigenvalue weighted by atomic mass is 35.5. The molecule has 2 rings (SSSR count). The summed E-state index contributed by atoms with van der Waals surface area (Å²) < 4.78 is 0. The summed E-state index contributed by atoms with van der Waals surface area (Å²) in [7, 11) is 2.14. The Bertz CT molecular complexity index is 568. The highest BCUT2D eigenvalue weighted by Gasteiger charge is 2.15. The third-order valence-electron chi connectivity index (χ3n) is 3.51. The molecule has 0 aliphatic rings. The van der Waals surface area contributed by atoms with Crippen molar-refractivity contribution in [2.45, 2.75) is 33.4 Å². The smallest absolute Gasteiger partial charge is 0.180 e. The minimum Gasteiger partial charge on any atom is -0.375 e. The number of hydrogen-bond donors (Lipinski definition) is 1. The Morgan fingerprint density at radius 3 is 2.60 bits per heavy atom. The average molecular weight is 312 g/mol. The van der Waals surface area contributed by atoms with Gasteiger partial charge in [0.1, 0.15) is 0 Å². The van der Waals surface area contributed by atoms with Crippen LogP contribution in [0, 0.1) is 13.8 Å². The Balaban J connectivity index is 0.00000200. The van der Waals surface area contributed by atoms with Crippen LogP contribution in [0.4, 0.5) is 5.13 Å². The number of anilines is 1. The van der Waals surface area contributed by atoms with Gasteiger partial charge in [-0.2, -0.15) is 0 Å². The molecule has 0 saturated heterocycles. The van der Waals surface area contributed by atoms with Crippen molar-refractivity contribution in [3.63, 3.8) is 0 Å². The topological polar surface area (TPSA) is 42.2 Å². The van der Waals surface area contributed by atoms with Crippen molar-refractivity contribution < 1.29 is 0 Å². The zero-order valence-electron chi connectivity index (χ0n) is 12.4. The number of nitrogen functional groups attached to an aromatic ring is 1. The summed E-state index contributed by atoms with van der Waals surface area (Å²) in [6, 6.07) is 7.03. The summed E-state index contributed by atoms with van der Waals surface area (Å²) >= 11 is 1.56. The number of nitrogens with zero attached hydrogens (tertiary/aromatic N) is 2. The molecule has 2 aromatic rings. The van der Waals surface area contributed by atoms with E-state index in [1.165, 1.54) is 21.6 Å². The third kappa shape index (κ3) is 3.95. The number of halogens is 1. The molecule has 0 fully saturated rings. The zero-order chi connectivity index (χ0) is 14.0. The first-order valence-electron chi connectivity index (χ1n) is 6.45. The van der Waals surface area contributed by atoms with E-state index in [0.29, 0.717) is 11.2 Å². The van der Waals surface area contributed by atoms with Gasteiger partial charge in [-0.05, 0) is 38.9 Å². The molecule has 20 heavy (non-hydrogen) atoms. The van der Waals surface area contributed by atoms with Gasteiger partial charge in [0.2, 0.25) is 0 Å². The highest BCUT2D eigenvalue weighted by Crippen LogP contribution is 2.26. The third-order valence-corrected chi connectivity index (χ3v) is 4.32. The summed E-state index contributed by atoms with van der Waals surface area (Å²) in [5.74, 6) is 0. The first kappa shape index (κ1) is 17.0. The van der Waals surface area contributed by atoms with Crippen LogP contribution in [0.15, 0.2) is 24.4 Å². The summed E-state index contributed by atoms with van der Waals surface area (Å²) in [4.78, 5) is 7.63. The van der Waals surface area contributed by atoms with Gasteiger partial charge in [-0.15, -0.1) is 23.7 Å². The Morgan fingerprint density at radius 2 is 2.05 bits per heavy atom. The predicted octanol–water partition coefficient (Wildman–Crippen LogP) is 3.96. The normalized spacial score (nSPS) is 12.2. The predicted molar refractivity (Wildman–Crippen MR) is 89.6 cm³/mol. The van der Waals surface area contributed by atoms with Crippen molar-refractivity contribution in [2.75, 3.05) is 12.8 Å². The van der Waals surface area contributed by atoms with E-state index in [-0.39, 0.29) is 12.4 Å². The lowest BCUT2D eigenvalue weighted by atomic mass is 9.99. The van der Waals surface area contributed by atoms with Gasteiger partial charge < -0.3 is 5.73 Å². The van der Waals surface area contributed by atoms with Crippen LogP contribution in [0.3, 0.4) is 0 Å². The maximum absolute atomic E-state index is 5.67. The second kappa shape index (κ2) is 7.07. The molecule has 5 heteroatoms. The molecule has 1 aromatic carbocycles. The Labute approximate surface area is 131 Å². The van der Waals surface area contributed by atoms with Gasteiger partial charge in [-0.3, -0.25) is 4.90 Å². The largest absolute Gasteiger partial charge is 0.375 e. The molecular weight excluding hydrogens is 290 g/mol. The maximum atomic E-state index is 5.67. The average Bonchev–Trinajstić information content (AvgIpc) is 2.74. The molecule has 1 atom stereocenters. The van der Waals surface area contributed by atoms with Crippen LogP contribution in [0.5, 0.6) is 0 Å². The second-order valence-electron chi connectivity index (χ2n) is 5.12. The number of benzene rings is 1. The van der Waals surface area contributed by atoms with Gasteiger partial charge in [-0.1, -0.05) is 23.8 Å². The molecule has 110 valence electrons. The standard InChI is InChI=1S/C15H21N3S.ClH/c1-10-5-6-14(11(2)7-10)12(3)18(4)9-13-8-17-15(16)19-13;/h5-8,12H,9H2,1-4H3,(H2,16,17);1H. The van der Waals surface area contributed by atoms with E-state index in [0.717, 1.165) is 6.54 Å². The van der Waals surface area contributed by atoms with E-state index in [4.69, 9.17) is 5.73 Å². The van der Waals surface area contributed by atoms with Crippen molar-refractivity contribution in [2.24, 2.45) is 0 Å². The van der Waals surface area contributed by atoms with E-state index in [2.05, 4.69) is 55.9 Å². The molecule has 1 aromatic heterocycles. The number of aryl methyl sites for hydroxylation is 2. The molecule has 0 bridgehead atoms. The lowest BCUT2D eigenvalue weighted by molar-refractivity contribution is 0.254. The lowest BCUT2D eigenvalue weighted by Gasteiger charge is -2.26. The van der Waals surface area contributed by atoms with Gasteiger partial charge in [0.05, 0.1) is 0 Å². The molecule has 0 amide bonds. The molecular formula is C15H22ClN3S. The van der Waals surface area contributed by atoms with Gasteiger partial charge in [0.15, 0.2) is 5.13 Å². The summed E-state index contributed by atoms with van der Waals surface area (Å²) in [5, 5.41) is 0.641. The van der Waals surface area contributed by atoms with Crippen LogP contribution >= 0.6 is 23.7 Å². The van der Waals surface area contributed by atoms with Crippen LogP contribution < -0.4 is 5.73 Å². The van der Waals surface area contributed by atoms with Crippen molar-refractivity contribution >= 4 is 28.9 Å². The van der Waals surface area contributed by atoms with Crippen LogP contribution in [0.1, 0.15) is 34.5 Å². The molecule has 0 spiro atoms. The number of aromatic nitrogens is 1. The minimum atomic E-state index is 0. The van der Waals surface area contributed by atoms with Crippen molar-refractivity contribution in [1.29, 1.82) is 0 Å². The lowest BCUT2D eigenvalue weighted by Crippen LogP contribution is -2.22. The zero-order valence-corrected chi connectivity index (χ0v) is 14.0. The van der Waals surface area contributed by atoms with Crippen LogP contribution in [0.2, 0.25) is 0 Å². The first-order chi connectivity index (χ1) is 8.97. The highest BCUT2D eigenvalue weighted by molar-refractivity contribution is 7.15. The van der Waals surface area contributed by atoms with E-state index in [1.54, 1.807) is 11.3 Å². The van der Waals surface area contributed by atoms with E-state index in [1.807, 2.05) is 6.20 Å². The molecule has 3 nitrogen and oxygen atoms in total. The van der Waals surface area contributed by atoms with Crippen molar-refractivity contribution in [3.05, 3.63) is 46.0 Å². The molecule has 0 aliphatic heterocycles. The molecule has 0 radical (unpaired) electrons. The van der Waals surface area contributed by atoms with E-state index in [9.17, 15) is 0 Å². The van der Waals surface area contributed by atoms with Gasteiger partial charge in [0.25, 0.3) is 0 Å². The second-order valence-corrected chi connectivity index (χ2v) is 6.26. The Hall–Kier alpha value is -1.10. The molecule has 1 unspecified atom stereocenters. The molecule has 2 N–H and O–H groups in total. The Kier molecular flexibility index (Phi) is 5.99. The fourth-order valence-electron chi connectivity index (χ4n) is 2.31. The van der Waals surface area contributed by atoms with Crippen LogP contribution in [0.25, 0.3) is 0 Å². The molecule has 0 saturated carbocycles. The quantitative estimate of drug-likeness (QED) is 0.929. The summed E-state index contributed by atoms with van der Waals surface area (Å²) in [6.45, 7) is 7.42. The van der Waals surface area contributed by atoms with Crippen LogP contribution in [-0.2, 0) is 6.54 Å². The Morgan fingerprint density at radius 1 is 1.35 bits per heavy atom. The maximum Gasteiger partial charge on any atom is 0.180 e. The minimum absolute atomic E-state index is 0. The van der Waals surface area contributed by atoms with E-state index >= 15 is 0 Å². The number of thiazole rings is 1. The first-order valence-corrected chi connectivity index (χ1v) is 7.26. The monoisotopic (exact) mass is 311 g/mol. The van der Waals surface area contributed by atoms with Crippen molar-refractivity contribution in [1.82, 2.24) is 9.88 Å². The fraction of sp³-hybridized carbons (Fsp3) is 0.400. The SMILES string of the molecule is Cc1ccc(C(C)N(C)Cc2cnc(N)s2)c(C)c1.Cl. The summed E-state index contributed by atoms with van der Waals surface area (Å²) in [5.41, 5.74) is 9.71. The van der Waals surface area contributed by atoms with E-state index < -0.39 is 0 Å². The van der Waals surface area contributed by atoms with Gasteiger partial charge in [0, 0.05) is 23.7 Å². The number of nitrogens with two attached hydrogens (primary N) is 1. The van der Waals surface area contributed by atoms with Gasteiger partial charge >= 0.3 is 0 Å². The van der Waals surface area contributed by atoms with Gasteiger partial charge in [-0.25, -0.2) is 4.98 Å². The molecule has 0 aliphatic carbocycles. The summed E-state index contributed by atoms with van der Waals surface area (Å²) in [6.07, 6.45) is 1.87. The number of hydrogen-bond acceptors (Lipinski definition) is 4. The van der Waals surface area contributed by atoms with Crippen molar-refractivity contribution in [3.8, 4) is 0 Å².